The molecular weight excluding hydrogens is 242 g/mol. The molecule has 0 radical (unpaired) electrons. The first-order valence-electron chi connectivity index (χ1n) is 6.75. The van der Waals surface area contributed by atoms with Crippen LogP contribution in [0.15, 0.2) is 30.3 Å². The average molecular weight is 259 g/mol. The topological polar surface area (TPSA) is 66.4 Å². The number of hydrogen-bond donors (Lipinski definition) is 2. The van der Waals surface area contributed by atoms with Gasteiger partial charge >= 0.3 is 5.97 Å². The number of carboxylic acids is 1. The van der Waals surface area contributed by atoms with E-state index in [1.165, 1.54) is 0 Å². The lowest BCUT2D eigenvalue weighted by Crippen LogP contribution is -2.32. The predicted molar refractivity (Wildman–Crippen MR) is 69.3 cm³/mol. The van der Waals surface area contributed by atoms with Crippen molar-refractivity contribution in [1.29, 1.82) is 0 Å². The molecule has 19 heavy (non-hydrogen) atoms. The highest BCUT2D eigenvalue weighted by atomic mass is 16.4. The third-order valence-corrected chi connectivity index (χ3v) is 3.99. The molecule has 4 nitrogen and oxygen atoms in total. The van der Waals surface area contributed by atoms with Crippen molar-refractivity contribution in [3.05, 3.63) is 35.9 Å². The number of carboxylic acid groups (broad SMARTS) is 1. The van der Waals surface area contributed by atoms with E-state index in [1.54, 1.807) is 0 Å². The van der Waals surface area contributed by atoms with E-state index in [2.05, 4.69) is 5.32 Å². The molecule has 100 valence electrons. The Morgan fingerprint density at radius 2 is 1.84 bits per heavy atom. The SMILES string of the molecule is O=C(O)C1CC1C(=O)NC(c1ccccc1)C1CC1. The first-order valence-corrected chi connectivity index (χ1v) is 6.75. The van der Waals surface area contributed by atoms with Crippen molar-refractivity contribution in [2.24, 2.45) is 17.8 Å². The van der Waals surface area contributed by atoms with Gasteiger partial charge in [0.1, 0.15) is 0 Å². The summed E-state index contributed by atoms with van der Waals surface area (Å²) in [5.74, 6) is -1.26. The van der Waals surface area contributed by atoms with Crippen molar-refractivity contribution >= 4 is 11.9 Å². The Balaban J connectivity index is 1.66. The Bertz CT molecular complexity index is 495. The van der Waals surface area contributed by atoms with Crippen LogP contribution in [0.5, 0.6) is 0 Å². The Hall–Kier alpha value is -1.84. The molecular formula is C15H17NO3. The summed E-state index contributed by atoms with van der Waals surface area (Å²) in [4.78, 5) is 22.9. The van der Waals surface area contributed by atoms with Crippen LogP contribution in [0.3, 0.4) is 0 Å². The fourth-order valence-corrected chi connectivity index (χ4v) is 2.58. The van der Waals surface area contributed by atoms with Gasteiger partial charge in [0, 0.05) is 0 Å². The minimum atomic E-state index is -0.858. The molecule has 0 bridgehead atoms. The Labute approximate surface area is 111 Å². The Morgan fingerprint density at radius 1 is 1.16 bits per heavy atom. The van der Waals surface area contributed by atoms with E-state index in [9.17, 15) is 9.59 Å². The maximum absolute atomic E-state index is 12.1. The summed E-state index contributed by atoms with van der Waals surface area (Å²) < 4.78 is 0. The van der Waals surface area contributed by atoms with Crippen LogP contribution in [0, 0.1) is 17.8 Å². The summed E-state index contributed by atoms with van der Waals surface area (Å²) in [7, 11) is 0. The lowest BCUT2D eigenvalue weighted by Gasteiger charge is -2.18. The zero-order chi connectivity index (χ0) is 13.4. The van der Waals surface area contributed by atoms with Crippen molar-refractivity contribution in [2.75, 3.05) is 0 Å². The van der Waals surface area contributed by atoms with Crippen LogP contribution < -0.4 is 5.32 Å². The largest absolute Gasteiger partial charge is 0.481 e. The second kappa shape index (κ2) is 4.68. The molecule has 0 heterocycles. The van der Waals surface area contributed by atoms with E-state index < -0.39 is 11.9 Å². The van der Waals surface area contributed by atoms with Crippen molar-refractivity contribution < 1.29 is 14.7 Å². The summed E-state index contributed by atoms with van der Waals surface area (Å²) in [6.07, 6.45) is 2.74. The van der Waals surface area contributed by atoms with Crippen LogP contribution in [0.1, 0.15) is 30.9 Å². The van der Waals surface area contributed by atoms with Crippen molar-refractivity contribution in [1.82, 2.24) is 5.32 Å². The number of rotatable bonds is 5. The van der Waals surface area contributed by atoms with E-state index in [0.717, 1.165) is 18.4 Å². The summed E-state index contributed by atoms with van der Waals surface area (Å²) in [5, 5.41) is 11.9. The molecule has 3 unspecified atom stereocenters. The van der Waals surface area contributed by atoms with Crippen LogP contribution in [0.25, 0.3) is 0 Å². The number of aliphatic carboxylic acids is 1. The van der Waals surface area contributed by atoms with Gasteiger partial charge in [-0.1, -0.05) is 30.3 Å². The molecule has 3 rings (SSSR count). The predicted octanol–water partition coefficient (Wildman–Crippen LogP) is 1.97. The Morgan fingerprint density at radius 3 is 2.37 bits per heavy atom. The molecule has 2 aliphatic carbocycles. The number of carbonyl (C=O) groups is 2. The molecule has 2 N–H and O–H groups in total. The molecule has 0 spiro atoms. The molecule has 0 aromatic heterocycles. The van der Waals surface area contributed by atoms with Crippen LogP contribution in [0.2, 0.25) is 0 Å². The van der Waals surface area contributed by atoms with Gasteiger partial charge in [0.25, 0.3) is 0 Å². The standard InChI is InChI=1S/C15H17NO3/c17-14(11-8-12(11)15(18)19)16-13(10-6-7-10)9-4-2-1-3-5-9/h1-5,10-13H,6-8H2,(H,16,17)(H,18,19). The summed E-state index contributed by atoms with van der Waals surface area (Å²) in [6, 6.07) is 9.97. The quantitative estimate of drug-likeness (QED) is 0.849. The van der Waals surface area contributed by atoms with Crippen LogP contribution in [0.4, 0.5) is 0 Å². The van der Waals surface area contributed by atoms with Gasteiger partial charge in [0.05, 0.1) is 17.9 Å². The van der Waals surface area contributed by atoms with Gasteiger partial charge in [-0.3, -0.25) is 9.59 Å². The van der Waals surface area contributed by atoms with Crippen LogP contribution >= 0.6 is 0 Å². The summed E-state index contributed by atoms with van der Waals surface area (Å²) in [6.45, 7) is 0. The lowest BCUT2D eigenvalue weighted by atomic mass is 10.0. The third-order valence-electron chi connectivity index (χ3n) is 3.99. The molecule has 0 saturated heterocycles. The van der Waals surface area contributed by atoms with Gasteiger partial charge in [-0.25, -0.2) is 0 Å². The molecule has 3 atom stereocenters. The monoisotopic (exact) mass is 259 g/mol. The fraction of sp³-hybridized carbons (Fsp3) is 0.467. The highest BCUT2D eigenvalue weighted by Gasteiger charge is 2.49. The maximum Gasteiger partial charge on any atom is 0.307 e. The first kappa shape index (κ1) is 12.2. The summed E-state index contributed by atoms with van der Waals surface area (Å²) >= 11 is 0. The van der Waals surface area contributed by atoms with Crippen molar-refractivity contribution in [3.8, 4) is 0 Å². The maximum atomic E-state index is 12.1. The molecule has 4 heteroatoms. The number of carbonyl (C=O) groups excluding carboxylic acids is 1. The molecule has 1 aromatic carbocycles. The van der Waals surface area contributed by atoms with E-state index in [-0.39, 0.29) is 17.9 Å². The van der Waals surface area contributed by atoms with Crippen LogP contribution in [-0.2, 0) is 9.59 Å². The van der Waals surface area contributed by atoms with Gasteiger partial charge in [0.2, 0.25) is 5.91 Å². The van der Waals surface area contributed by atoms with E-state index in [4.69, 9.17) is 5.11 Å². The summed E-state index contributed by atoms with van der Waals surface area (Å²) in [5.41, 5.74) is 1.12. The normalized spacial score (nSPS) is 26.5. The van der Waals surface area contributed by atoms with Gasteiger partial charge < -0.3 is 10.4 Å². The van der Waals surface area contributed by atoms with E-state index in [1.807, 2.05) is 30.3 Å². The Kier molecular flexibility index (Phi) is 3.01. The molecule has 2 fully saturated rings. The smallest absolute Gasteiger partial charge is 0.307 e. The number of benzene rings is 1. The molecule has 1 aromatic rings. The number of hydrogen-bond acceptors (Lipinski definition) is 2. The zero-order valence-corrected chi connectivity index (χ0v) is 10.6. The average Bonchev–Trinajstić information content (AvgIpc) is 3.29. The van der Waals surface area contributed by atoms with Crippen LogP contribution in [-0.4, -0.2) is 17.0 Å². The minimum Gasteiger partial charge on any atom is -0.481 e. The van der Waals surface area contributed by atoms with Gasteiger partial charge in [0.15, 0.2) is 0 Å². The highest BCUT2D eigenvalue weighted by molar-refractivity contribution is 5.89. The van der Waals surface area contributed by atoms with Gasteiger partial charge in [-0.2, -0.15) is 0 Å². The number of amides is 1. The highest BCUT2D eigenvalue weighted by Crippen LogP contribution is 2.43. The van der Waals surface area contributed by atoms with E-state index in [0.29, 0.717) is 12.3 Å². The first-order chi connectivity index (χ1) is 9.16. The fourth-order valence-electron chi connectivity index (χ4n) is 2.58. The number of nitrogens with one attached hydrogen (secondary N) is 1. The molecule has 2 saturated carbocycles. The minimum absolute atomic E-state index is 0.0451. The second-order valence-corrected chi connectivity index (χ2v) is 5.52. The second-order valence-electron chi connectivity index (χ2n) is 5.52. The third kappa shape index (κ3) is 2.62. The van der Waals surface area contributed by atoms with Crippen molar-refractivity contribution in [2.45, 2.75) is 25.3 Å². The lowest BCUT2D eigenvalue weighted by molar-refractivity contribution is -0.140. The van der Waals surface area contributed by atoms with Crippen molar-refractivity contribution in [3.63, 3.8) is 0 Å². The molecule has 1 amide bonds. The van der Waals surface area contributed by atoms with Gasteiger partial charge in [-0.15, -0.1) is 0 Å². The van der Waals surface area contributed by atoms with E-state index >= 15 is 0 Å². The molecule has 0 aliphatic heterocycles. The molecule has 2 aliphatic rings. The zero-order valence-electron chi connectivity index (χ0n) is 10.6. The van der Waals surface area contributed by atoms with Gasteiger partial charge in [-0.05, 0) is 30.7 Å².